The monoisotopic (exact) mass is 195 g/mol. The quantitative estimate of drug-likeness (QED) is 0.692. The molecule has 13 heavy (non-hydrogen) atoms. The fraction of sp³-hybridized carbons (Fsp3) is 0.300. The smallest absolute Gasteiger partial charge is 0.137 e. The summed E-state index contributed by atoms with van der Waals surface area (Å²) < 4.78 is 13.2. The van der Waals surface area contributed by atoms with Gasteiger partial charge in [0, 0.05) is 11.3 Å². The Labute approximate surface area is 81.6 Å². The Hall–Kier alpha value is -1.01. The Bertz CT molecular complexity index is 330. The van der Waals surface area contributed by atoms with Gasteiger partial charge in [-0.05, 0) is 30.4 Å². The minimum absolute atomic E-state index is 0.192. The summed E-state index contributed by atoms with van der Waals surface area (Å²) in [7, 11) is 0. The zero-order valence-corrected chi connectivity index (χ0v) is 8.20. The van der Waals surface area contributed by atoms with E-state index in [0.717, 1.165) is 5.56 Å². The second-order valence-electron chi connectivity index (χ2n) is 2.63. The first-order valence-corrected chi connectivity index (χ1v) is 5.19. The largest absolute Gasteiger partial charge is 0.206 e. The van der Waals surface area contributed by atoms with Crippen molar-refractivity contribution in [2.45, 2.75) is 17.7 Å². The van der Waals surface area contributed by atoms with Crippen LogP contribution in [-0.2, 0) is 6.42 Å². The number of rotatable bonds is 3. The Balaban J connectivity index is 2.78. The molecular weight excluding hydrogens is 185 g/mol. The number of halogens is 1. The Morgan fingerprint density at radius 1 is 1.54 bits per heavy atom. The lowest BCUT2D eigenvalue weighted by Crippen LogP contribution is -1.87. The first kappa shape index (κ1) is 10.1. The molecule has 0 bridgehead atoms. The molecule has 68 valence electrons. The maximum atomic E-state index is 13.2. The molecule has 0 N–H and O–H groups in total. The fourth-order valence-corrected chi connectivity index (χ4v) is 1.52. The van der Waals surface area contributed by atoms with E-state index in [2.05, 4.69) is 0 Å². The third kappa shape index (κ3) is 2.74. The number of nitriles is 1. The van der Waals surface area contributed by atoms with Gasteiger partial charge in [0.25, 0.3) is 0 Å². The molecule has 0 aliphatic rings. The molecule has 0 atom stereocenters. The minimum Gasteiger partial charge on any atom is -0.206 e. The maximum absolute atomic E-state index is 13.2. The van der Waals surface area contributed by atoms with Gasteiger partial charge in [-0.1, -0.05) is 6.07 Å². The van der Waals surface area contributed by atoms with Crippen molar-refractivity contribution in [3.8, 4) is 6.07 Å². The number of hydrogen-bond acceptors (Lipinski definition) is 2. The van der Waals surface area contributed by atoms with Crippen molar-refractivity contribution >= 4 is 11.8 Å². The Morgan fingerprint density at radius 2 is 2.31 bits per heavy atom. The van der Waals surface area contributed by atoms with Gasteiger partial charge in [0.15, 0.2) is 0 Å². The Morgan fingerprint density at radius 3 is 2.85 bits per heavy atom. The second kappa shape index (κ2) is 4.88. The van der Waals surface area contributed by atoms with Crippen molar-refractivity contribution < 1.29 is 4.39 Å². The third-order valence-corrected chi connectivity index (χ3v) is 2.51. The van der Waals surface area contributed by atoms with Crippen LogP contribution in [0.4, 0.5) is 4.39 Å². The van der Waals surface area contributed by atoms with Gasteiger partial charge in [-0.25, -0.2) is 4.39 Å². The van der Waals surface area contributed by atoms with Crippen molar-refractivity contribution in [2.24, 2.45) is 0 Å². The van der Waals surface area contributed by atoms with Crippen molar-refractivity contribution in [2.75, 3.05) is 6.26 Å². The lowest BCUT2D eigenvalue weighted by molar-refractivity contribution is 0.599. The highest BCUT2D eigenvalue weighted by atomic mass is 32.2. The first-order valence-electron chi connectivity index (χ1n) is 3.97. The van der Waals surface area contributed by atoms with Gasteiger partial charge < -0.3 is 0 Å². The molecule has 0 saturated carbocycles. The summed E-state index contributed by atoms with van der Waals surface area (Å²) in [6.07, 6.45) is 2.91. The zero-order valence-electron chi connectivity index (χ0n) is 7.38. The molecule has 0 saturated heterocycles. The number of hydrogen-bond donors (Lipinski definition) is 0. The topological polar surface area (TPSA) is 23.8 Å². The molecule has 0 fully saturated rings. The molecule has 0 heterocycles. The van der Waals surface area contributed by atoms with Crippen LogP contribution in [-0.4, -0.2) is 6.26 Å². The van der Waals surface area contributed by atoms with E-state index in [1.54, 1.807) is 6.07 Å². The average Bonchev–Trinajstić information content (AvgIpc) is 2.15. The fourth-order valence-electron chi connectivity index (χ4n) is 1.07. The predicted molar refractivity (Wildman–Crippen MR) is 52.1 cm³/mol. The Kier molecular flexibility index (Phi) is 3.78. The summed E-state index contributed by atoms with van der Waals surface area (Å²) in [4.78, 5) is 0.653. The van der Waals surface area contributed by atoms with Crippen LogP contribution >= 0.6 is 11.8 Å². The summed E-state index contributed by atoms with van der Waals surface area (Å²) in [6, 6.07) is 7.16. The second-order valence-corrected chi connectivity index (χ2v) is 3.48. The van der Waals surface area contributed by atoms with E-state index in [4.69, 9.17) is 5.26 Å². The molecule has 3 heteroatoms. The van der Waals surface area contributed by atoms with Crippen molar-refractivity contribution in [3.63, 3.8) is 0 Å². The summed E-state index contributed by atoms with van der Waals surface area (Å²) in [5.74, 6) is -0.192. The van der Waals surface area contributed by atoms with Gasteiger partial charge in [-0.15, -0.1) is 11.8 Å². The zero-order chi connectivity index (χ0) is 9.68. The molecular formula is C10H10FNS. The van der Waals surface area contributed by atoms with Gasteiger partial charge in [0.05, 0.1) is 6.07 Å². The van der Waals surface area contributed by atoms with E-state index >= 15 is 0 Å². The molecule has 1 aromatic rings. The third-order valence-electron chi connectivity index (χ3n) is 1.74. The van der Waals surface area contributed by atoms with E-state index in [9.17, 15) is 4.39 Å². The number of nitrogens with zero attached hydrogens (tertiary/aromatic N) is 1. The molecule has 0 unspecified atom stereocenters. The van der Waals surface area contributed by atoms with Crippen LogP contribution in [0.2, 0.25) is 0 Å². The summed E-state index contributed by atoms with van der Waals surface area (Å²) >= 11 is 1.39. The SMILES string of the molecule is CSc1ccc(CCC#N)cc1F. The highest BCUT2D eigenvalue weighted by molar-refractivity contribution is 7.98. The van der Waals surface area contributed by atoms with Crippen LogP contribution in [0.15, 0.2) is 23.1 Å². The van der Waals surface area contributed by atoms with Crippen LogP contribution < -0.4 is 0 Å². The normalized spacial score (nSPS) is 9.62. The van der Waals surface area contributed by atoms with E-state index in [0.29, 0.717) is 17.7 Å². The van der Waals surface area contributed by atoms with Crippen LogP contribution in [0.5, 0.6) is 0 Å². The van der Waals surface area contributed by atoms with Crippen LogP contribution in [0.3, 0.4) is 0 Å². The molecule has 0 aliphatic carbocycles. The number of aryl methyl sites for hydroxylation is 1. The summed E-state index contributed by atoms with van der Waals surface area (Å²) in [6.45, 7) is 0. The van der Waals surface area contributed by atoms with E-state index in [1.165, 1.54) is 17.8 Å². The number of thioether (sulfide) groups is 1. The molecule has 1 rings (SSSR count). The highest BCUT2D eigenvalue weighted by Crippen LogP contribution is 2.20. The van der Waals surface area contributed by atoms with Gasteiger partial charge in [0.1, 0.15) is 5.82 Å². The van der Waals surface area contributed by atoms with Crippen LogP contribution in [0, 0.1) is 17.1 Å². The van der Waals surface area contributed by atoms with E-state index < -0.39 is 0 Å². The molecule has 0 amide bonds. The molecule has 0 aromatic heterocycles. The summed E-state index contributed by atoms with van der Waals surface area (Å²) in [5, 5.41) is 8.35. The molecule has 0 spiro atoms. The lowest BCUT2D eigenvalue weighted by atomic mass is 10.1. The molecule has 0 radical (unpaired) electrons. The van der Waals surface area contributed by atoms with Crippen molar-refractivity contribution in [3.05, 3.63) is 29.6 Å². The number of benzene rings is 1. The predicted octanol–water partition coefficient (Wildman–Crippen LogP) is 3.00. The van der Waals surface area contributed by atoms with E-state index in [-0.39, 0.29) is 5.82 Å². The summed E-state index contributed by atoms with van der Waals surface area (Å²) in [5.41, 5.74) is 0.886. The van der Waals surface area contributed by atoms with Crippen molar-refractivity contribution in [1.82, 2.24) is 0 Å². The van der Waals surface area contributed by atoms with Gasteiger partial charge in [0.2, 0.25) is 0 Å². The first-order chi connectivity index (χ1) is 6.27. The molecule has 1 aromatic carbocycles. The molecule has 0 aliphatic heterocycles. The minimum atomic E-state index is -0.192. The van der Waals surface area contributed by atoms with Gasteiger partial charge in [-0.2, -0.15) is 5.26 Å². The maximum Gasteiger partial charge on any atom is 0.137 e. The van der Waals surface area contributed by atoms with Gasteiger partial charge >= 0.3 is 0 Å². The average molecular weight is 195 g/mol. The molecule has 1 nitrogen and oxygen atoms in total. The van der Waals surface area contributed by atoms with E-state index in [1.807, 2.05) is 18.4 Å². The van der Waals surface area contributed by atoms with Gasteiger partial charge in [-0.3, -0.25) is 0 Å². The lowest BCUT2D eigenvalue weighted by Gasteiger charge is -2.01. The highest BCUT2D eigenvalue weighted by Gasteiger charge is 2.01. The standard InChI is InChI=1S/C10H10FNS/c1-13-10-5-4-8(3-2-6-12)7-9(10)11/h4-5,7H,2-3H2,1H3. The van der Waals surface area contributed by atoms with Crippen LogP contribution in [0.1, 0.15) is 12.0 Å². The van der Waals surface area contributed by atoms with Crippen LogP contribution in [0.25, 0.3) is 0 Å². The van der Waals surface area contributed by atoms with Crippen molar-refractivity contribution in [1.29, 1.82) is 5.26 Å².